The Morgan fingerprint density at radius 3 is 2.00 bits per heavy atom. The molecule has 0 bridgehead atoms. The SMILES string of the molecule is FCCN1CCCCCCC1. The normalized spacial score (nSPS) is 22.6. The van der Waals surface area contributed by atoms with Crippen LogP contribution in [-0.2, 0) is 0 Å². The molecule has 1 nitrogen and oxygen atoms in total. The molecule has 0 aromatic rings. The summed E-state index contributed by atoms with van der Waals surface area (Å²) in [4.78, 5) is 2.25. The van der Waals surface area contributed by atoms with E-state index >= 15 is 0 Å². The summed E-state index contributed by atoms with van der Waals surface area (Å²) in [7, 11) is 0. The Kier molecular flexibility index (Phi) is 4.51. The van der Waals surface area contributed by atoms with Crippen LogP contribution < -0.4 is 0 Å². The first-order chi connectivity index (χ1) is 5.43. The van der Waals surface area contributed by atoms with E-state index in [-0.39, 0.29) is 6.67 Å². The van der Waals surface area contributed by atoms with Crippen molar-refractivity contribution in [3.8, 4) is 0 Å². The van der Waals surface area contributed by atoms with Crippen LogP contribution in [0.1, 0.15) is 32.1 Å². The summed E-state index contributed by atoms with van der Waals surface area (Å²) >= 11 is 0. The van der Waals surface area contributed by atoms with Crippen molar-refractivity contribution in [1.29, 1.82) is 0 Å². The molecule has 1 saturated heterocycles. The molecule has 11 heavy (non-hydrogen) atoms. The summed E-state index contributed by atoms with van der Waals surface area (Å²) in [6, 6.07) is 0. The first-order valence-electron chi connectivity index (χ1n) is 4.72. The molecule has 0 aromatic heterocycles. The minimum absolute atomic E-state index is 0.181. The predicted molar refractivity (Wildman–Crippen MR) is 45.5 cm³/mol. The maximum atomic E-state index is 12.0. The van der Waals surface area contributed by atoms with Crippen molar-refractivity contribution >= 4 is 0 Å². The smallest absolute Gasteiger partial charge is 0.102 e. The zero-order valence-corrected chi connectivity index (χ0v) is 7.19. The summed E-state index contributed by atoms with van der Waals surface area (Å²) in [6.07, 6.45) is 6.58. The summed E-state index contributed by atoms with van der Waals surface area (Å²) in [5.74, 6) is 0. The van der Waals surface area contributed by atoms with Gasteiger partial charge in [-0.15, -0.1) is 0 Å². The van der Waals surface area contributed by atoms with Gasteiger partial charge in [0.15, 0.2) is 0 Å². The van der Waals surface area contributed by atoms with E-state index in [9.17, 15) is 4.39 Å². The topological polar surface area (TPSA) is 3.24 Å². The largest absolute Gasteiger partial charge is 0.301 e. The molecule has 0 N–H and O–H groups in total. The van der Waals surface area contributed by atoms with E-state index in [1.807, 2.05) is 0 Å². The monoisotopic (exact) mass is 159 g/mol. The molecule has 0 radical (unpaired) electrons. The van der Waals surface area contributed by atoms with Crippen LogP contribution in [0.5, 0.6) is 0 Å². The average molecular weight is 159 g/mol. The Hall–Kier alpha value is -0.110. The second-order valence-corrected chi connectivity index (χ2v) is 3.30. The zero-order valence-electron chi connectivity index (χ0n) is 7.19. The fourth-order valence-corrected chi connectivity index (χ4v) is 1.66. The van der Waals surface area contributed by atoms with E-state index in [0.29, 0.717) is 6.54 Å². The molecular weight excluding hydrogens is 141 g/mol. The van der Waals surface area contributed by atoms with Crippen molar-refractivity contribution in [3.05, 3.63) is 0 Å². The molecule has 0 amide bonds. The van der Waals surface area contributed by atoms with Crippen LogP contribution in [0.4, 0.5) is 4.39 Å². The maximum Gasteiger partial charge on any atom is 0.102 e. The second-order valence-electron chi connectivity index (χ2n) is 3.30. The lowest BCUT2D eigenvalue weighted by atomic mass is 10.1. The van der Waals surface area contributed by atoms with Gasteiger partial charge in [-0.05, 0) is 25.9 Å². The third-order valence-corrected chi connectivity index (χ3v) is 2.35. The van der Waals surface area contributed by atoms with Gasteiger partial charge in [-0.25, -0.2) is 4.39 Å². The van der Waals surface area contributed by atoms with Crippen molar-refractivity contribution in [1.82, 2.24) is 4.90 Å². The molecule has 0 saturated carbocycles. The van der Waals surface area contributed by atoms with Crippen LogP contribution in [-0.4, -0.2) is 31.2 Å². The van der Waals surface area contributed by atoms with Crippen LogP contribution in [0.25, 0.3) is 0 Å². The van der Waals surface area contributed by atoms with Crippen molar-refractivity contribution in [2.45, 2.75) is 32.1 Å². The van der Waals surface area contributed by atoms with Gasteiger partial charge in [0, 0.05) is 6.54 Å². The fourth-order valence-electron chi connectivity index (χ4n) is 1.66. The van der Waals surface area contributed by atoms with E-state index in [1.165, 1.54) is 32.1 Å². The first kappa shape index (κ1) is 8.98. The van der Waals surface area contributed by atoms with Crippen LogP contribution in [0.15, 0.2) is 0 Å². The Balaban J connectivity index is 2.15. The summed E-state index contributed by atoms with van der Waals surface area (Å²) in [5, 5.41) is 0. The third-order valence-electron chi connectivity index (χ3n) is 2.35. The van der Waals surface area contributed by atoms with Crippen molar-refractivity contribution in [2.24, 2.45) is 0 Å². The van der Waals surface area contributed by atoms with Gasteiger partial charge in [0.25, 0.3) is 0 Å². The molecule has 0 aliphatic carbocycles. The number of alkyl halides is 1. The Morgan fingerprint density at radius 2 is 1.45 bits per heavy atom. The first-order valence-corrected chi connectivity index (χ1v) is 4.72. The van der Waals surface area contributed by atoms with Gasteiger partial charge in [0.05, 0.1) is 0 Å². The maximum absolute atomic E-state index is 12.0. The van der Waals surface area contributed by atoms with E-state index in [2.05, 4.69) is 4.90 Å². The molecule has 0 spiro atoms. The van der Waals surface area contributed by atoms with Gasteiger partial charge >= 0.3 is 0 Å². The molecule has 0 aromatic carbocycles. The van der Waals surface area contributed by atoms with Gasteiger partial charge in [0.1, 0.15) is 6.67 Å². The molecule has 1 aliphatic heterocycles. The summed E-state index contributed by atoms with van der Waals surface area (Å²) in [5.41, 5.74) is 0. The van der Waals surface area contributed by atoms with Gasteiger partial charge in [-0.1, -0.05) is 19.3 Å². The highest BCUT2D eigenvalue weighted by Gasteiger charge is 2.06. The lowest BCUT2D eigenvalue weighted by Crippen LogP contribution is -2.29. The van der Waals surface area contributed by atoms with E-state index in [0.717, 1.165) is 13.1 Å². The minimum atomic E-state index is -0.181. The van der Waals surface area contributed by atoms with Gasteiger partial charge in [-0.3, -0.25) is 0 Å². The van der Waals surface area contributed by atoms with Gasteiger partial charge < -0.3 is 4.90 Å². The van der Waals surface area contributed by atoms with Gasteiger partial charge in [0.2, 0.25) is 0 Å². The molecule has 2 heteroatoms. The highest BCUT2D eigenvalue weighted by atomic mass is 19.1. The predicted octanol–water partition coefficient (Wildman–Crippen LogP) is 2.22. The summed E-state index contributed by atoms with van der Waals surface area (Å²) < 4.78 is 12.0. The molecule has 0 atom stereocenters. The number of likely N-dealkylation sites (tertiary alicyclic amines) is 1. The molecular formula is C9H18FN. The molecule has 1 fully saturated rings. The van der Waals surface area contributed by atoms with Crippen LogP contribution >= 0.6 is 0 Å². The number of hydrogen-bond acceptors (Lipinski definition) is 1. The lowest BCUT2D eigenvalue weighted by Gasteiger charge is -2.22. The molecule has 0 unspecified atom stereocenters. The fraction of sp³-hybridized carbons (Fsp3) is 1.00. The summed E-state index contributed by atoms with van der Waals surface area (Å²) in [6.45, 7) is 2.70. The second kappa shape index (κ2) is 5.53. The Morgan fingerprint density at radius 1 is 0.909 bits per heavy atom. The van der Waals surface area contributed by atoms with E-state index < -0.39 is 0 Å². The Bertz CT molecular complexity index is 87.6. The van der Waals surface area contributed by atoms with Crippen molar-refractivity contribution < 1.29 is 4.39 Å². The number of halogens is 1. The van der Waals surface area contributed by atoms with Crippen LogP contribution in [0, 0.1) is 0 Å². The Labute approximate surface area is 68.6 Å². The number of nitrogens with zero attached hydrogens (tertiary/aromatic N) is 1. The molecule has 1 aliphatic rings. The van der Waals surface area contributed by atoms with Crippen molar-refractivity contribution in [3.63, 3.8) is 0 Å². The third kappa shape index (κ3) is 3.71. The number of rotatable bonds is 2. The number of hydrogen-bond donors (Lipinski definition) is 0. The van der Waals surface area contributed by atoms with Crippen LogP contribution in [0.2, 0.25) is 0 Å². The molecule has 1 heterocycles. The van der Waals surface area contributed by atoms with Crippen LogP contribution in [0.3, 0.4) is 0 Å². The zero-order chi connectivity index (χ0) is 7.94. The quantitative estimate of drug-likeness (QED) is 0.597. The van der Waals surface area contributed by atoms with E-state index in [4.69, 9.17) is 0 Å². The highest BCUT2D eigenvalue weighted by molar-refractivity contribution is 4.61. The minimum Gasteiger partial charge on any atom is -0.301 e. The standard InChI is InChI=1S/C9H18FN/c10-6-9-11-7-4-2-1-3-5-8-11/h1-9H2. The molecule has 1 rings (SSSR count). The van der Waals surface area contributed by atoms with Gasteiger partial charge in [-0.2, -0.15) is 0 Å². The highest BCUT2D eigenvalue weighted by Crippen LogP contribution is 2.09. The van der Waals surface area contributed by atoms with Crippen molar-refractivity contribution in [2.75, 3.05) is 26.3 Å². The lowest BCUT2D eigenvalue weighted by molar-refractivity contribution is 0.227. The molecule has 66 valence electrons. The van der Waals surface area contributed by atoms with E-state index in [1.54, 1.807) is 0 Å². The average Bonchev–Trinajstić information content (AvgIpc) is 1.94.